The van der Waals surface area contributed by atoms with Crippen LogP contribution < -0.4 is 10.1 Å². The Morgan fingerprint density at radius 1 is 1.23 bits per heavy atom. The Bertz CT molecular complexity index is 1050. The topological polar surface area (TPSA) is 114 Å². The highest BCUT2D eigenvalue weighted by molar-refractivity contribution is 5.98. The van der Waals surface area contributed by atoms with Crippen LogP contribution in [-0.2, 0) is 9.53 Å². The van der Waals surface area contributed by atoms with Crippen LogP contribution in [0.2, 0.25) is 0 Å². The van der Waals surface area contributed by atoms with Crippen LogP contribution in [0, 0.1) is 5.92 Å². The summed E-state index contributed by atoms with van der Waals surface area (Å²) >= 11 is 0. The zero-order chi connectivity index (χ0) is 25.5. The number of anilines is 1. The van der Waals surface area contributed by atoms with Gasteiger partial charge in [-0.3, -0.25) is 19.4 Å². The largest absolute Gasteiger partial charge is 0.491 e. The van der Waals surface area contributed by atoms with Gasteiger partial charge in [0.15, 0.2) is 0 Å². The van der Waals surface area contributed by atoms with Crippen molar-refractivity contribution in [3.63, 3.8) is 0 Å². The van der Waals surface area contributed by atoms with E-state index in [2.05, 4.69) is 15.3 Å². The lowest BCUT2D eigenvalue weighted by Gasteiger charge is -2.35. The molecule has 3 atom stereocenters. The number of hydrogen-bond donors (Lipinski definition) is 1. The lowest BCUT2D eigenvalue weighted by atomic mass is 10.0. The van der Waals surface area contributed by atoms with E-state index in [0.717, 1.165) is 0 Å². The highest BCUT2D eigenvalue weighted by Gasteiger charge is 2.31. The number of rotatable bonds is 4. The van der Waals surface area contributed by atoms with Crippen molar-refractivity contribution >= 4 is 23.4 Å². The summed E-state index contributed by atoms with van der Waals surface area (Å²) in [6.45, 7) is 6.46. The summed E-state index contributed by atoms with van der Waals surface area (Å²) in [5.41, 5.74) is 1.13. The first-order valence-corrected chi connectivity index (χ1v) is 11.7. The first-order valence-electron chi connectivity index (χ1n) is 11.7. The van der Waals surface area contributed by atoms with Crippen molar-refractivity contribution in [2.75, 3.05) is 39.2 Å². The number of nitrogens with one attached hydrogen (secondary N) is 1. The minimum atomic E-state index is -0.349. The van der Waals surface area contributed by atoms with Crippen LogP contribution in [0.5, 0.6) is 5.75 Å². The molecule has 1 aliphatic rings. The minimum Gasteiger partial charge on any atom is -0.491 e. The van der Waals surface area contributed by atoms with E-state index >= 15 is 0 Å². The molecule has 10 nitrogen and oxygen atoms in total. The van der Waals surface area contributed by atoms with Gasteiger partial charge in [0.1, 0.15) is 18.1 Å². The Kier molecular flexibility index (Phi) is 8.75. The molecular formula is C25H33N5O5. The smallest absolute Gasteiger partial charge is 0.274 e. The predicted molar refractivity (Wildman–Crippen MR) is 130 cm³/mol. The third-order valence-electron chi connectivity index (χ3n) is 6.09. The number of methoxy groups -OCH3 is 1. The van der Waals surface area contributed by atoms with Gasteiger partial charge < -0.3 is 24.6 Å². The maximum Gasteiger partial charge on any atom is 0.274 e. The monoisotopic (exact) mass is 483 g/mol. The number of carbonyl (C=O) groups is 3. The molecule has 0 unspecified atom stereocenters. The van der Waals surface area contributed by atoms with Gasteiger partial charge in [-0.15, -0.1) is 0 Å². The van der Waals surface area contributed by atoms with Gasteiger partial charge in [0.05, 0.1) is 23.9 Å². The standard InChI is InChI=1S/C25H33N5O5/c1-6-23(31)28-18-7-8-19-21(11-18)35-15-17(3)30(25(33)20-12-26-9-10-27-20)13-16(2)22(34-5)14-29(4)24(19)32/h7-12,16-17,22H,6,13-15H2,1-5H3,(H,28,31)/t16-,17-,22+/m0/s1. The lowest BCUT2D eigenvalue weighted by Crippen LogP contribution is -2.48. The number of hydrogen-bond acceptors (Lipinski definition) is 7. The summed E-state index contributed by atoms with van der Waals surface area (Å²) in [5, 5.41) is 2.79. The molecule has 0 aliphatic carbocycles. The Morgan fingerprint density at radius 2 is 2.00 bits per heavy atom. The Balaban J connectivity index is 1.99. The number of amides is 3. The van der Waals surface area contributed by atoms with Crippen LogP contribution in [0.4, 0.5) is 5.69 Å². The van der Waals surface area contributed by atoms with Gasteiger partial charge in [-0.05, 0) is 19.1 Å². The van der Waals surface area contributed by atoms with Crippen molar-refractivity contribution in [3.05, 3.63) is 48.0 Å². The van der Waals surface area contributed by atoms with Gasteiger partial charge >= 0.3 is 0 Å². The first-order chi connectivity index (χ1) is 16.7. The second kappa shape index (κ2) is 11.7. The Labute approximate surface area is 205 Å². The summed E-state index contributed by atoms with van der Waals surface area (Å²) < 4.78 is 11.8. The van der Waals surface area contributed by atoms with Crippen molar-refractivity contribution < 1.29 is 23.9 Å². The van der Waals surface area contributed by atoms with Crippen LogP contribution >= 0.6 is 0 Å². The van der Waals surface area contributed by atoms with Crippen molar-refractivity contribution in [3.8, 4) is 5.75 Å². The number of fused-ring (bicyclic) bond motifs is 1. The molecule has 2 aromatic rings. The van der Waals surface area contributed by atoms with E-state index < -0.39 is 0 Å². The molecule has 0 spiro atoms. The molecule has 10 heteroatoms. The average Bonchev–Trinajstić information content (AvgIpc) is 2.87. The molecule has 0 radical (unpaired) electrons. The number of ether oxygens (including phenoxy) is 2. The molecule has 1 aromatic heterocycles. The minimum absolute atomic E-state index is 0.0798. The number of likely N-dealkylation sites (N-methyl/N-ethyl adjacent to an activating group) is 1. The normalized spacial score (nSPS) is 21.3. The number of benzene rings is 1. The molecule has 2 heterocycles. The maximum absolute atomic E-state index is 13.4. The fourth-order valence-corrected chi connectivity index (χ4v) is 3.94. The molecule has 188 valence electrons. The van der Waals surface area contributed by atoms with Gasteiger partial charge in [0.25, 0.3) is 11.8 Å². The van der Waals surface area contributed by atoms with Gasteiger partial charge in [-0.1, -0.05) is 13.8 Å². The summed E-state index contributed by atoms with van der Waals surface area (Å²) in [7, 11) is 3.30. The van der Waals surface area contributed by atoms with E-state index in [0.29, 0.717) is 36.5 Å². The van der Waals surface area contributed by atoms with Crippen molar-refractivity contribution in [1.29, 1.82) is 0 Å². The van der Waals surface area contributed by atoms with Crippen molar-refractivity contribution in [2.24, 2.45) is 5.92 Å². The van der Waals surface area contributed by atoms with Gasteiger partial charge in [-0.25, -0.2) is 4.98 Å². The van der Waals surface area contributed by atoms with Crippen LogP contribution in [0.15, 0.2) is 36.8 Å². The van der Waals surface area contributed by atoms with Crippen LogP contribution in [-0.4, -0.2) is 83.5 Å². The number of nitrogens with zero attached hydrogens (tertiary/aromatic N) is 4. The van der Waals surface area contributed by atoms with E-state index in [9.17, 15) is 14.4 Å². The second-order valence-electron chi connectivity index (χ2n) is 8.76. The van der Waals surface area contributed by atoms with E-state index in [4.69, 9.17) is 9.47 Å². The predicted octanol–water partition coefficient (Wildman–Crippen LogP) is 2.47. The molecule has 0 saturated heterocycles. The highest BCUT2D eigenvalue weighted by Crippen LogP contribution is 2.27. The fraction of sp³-hybridized carbons (Fsp3) is 0.480. The molecule has 0 saturated carbocycles. The van der Waals surface area contributed by atoms with Crippen molar-refractivity contribution in [2.45, 2.75) is 39.3 Å². The molecule has 3 amide bonds. The quantitative estimate of drug-likeness (QED) is 0.711. The van der Waals surface area contributed by atoms with Gasteiger partial charge in [0, 0.05) is 63.7 Å². The van der Waals surface area contributed by atoms with Crippen LogP contribution in [0.25, 0.3) is 0 Å². The summed E-state index contributed by atoms with van der Waals surface area (Å²) in [5.74, 6) is -0.376. The molecule has 0 fully saturated rings. The summed E-state index contributed by atoms with van der Waals surface area (Å²) in [6.07, 6.45) is 4.46. The molecule has 1 N–H and O–H groups in total. The molecule has 35 heavy (non-hydrogen) atoms. The number of aromatic nitrogens is 2. The van der Waals surface area contributed by atoms with E-state index in [1.165, 1.54) is 18.6 Å². The highest BCUT2D eigenvalue weighted by atomic mass is 16.5. The number of carbonyl (C=O) groups excluding carboxylic acids is 3. The zero-order valence-electron chi connectivity index (χ0n) is 20.9. The fourth-order valence-electron chi connectivity index (χ4n) is 3.94. The summed E-state index contributed by atoms with van der Waals surface area (Å²) in [4.78, 5) is 50.0. The van der Waals surface area contributed by atoms with Gasteiger partial charge in [-0.2, -0.15) is 0 Å². The Morgan fingerprint density at radius 3 is 2.66 bits per heavy atom. The van der Waals surface area contributed by atoms with E-state index in [1.807, 2.05) is 13.8 Å². The van der Waals surface area contributed by atoms with E-state index in [1.54, 1.807) is 49.1 Å². The van der Waals surface area contributed by atoms with Crippen LogP contribution in [0.1, 0.15) is 48.0 Å². The lowest BCUT2D eigenvalue weighted by molar-refractivity contribution is -0.115. The molecule has 3 rings (SSSR count). The third kappa shape index (κ3) is 6.33. The molecule has 1 aromatic carbocycles. The Hall–Kier alpha value is -3.53. The zero-order valence-corrected chi connectivity index (χ0v) is 20.9. The maximum atomic E-state index is 13.4. The average molecular weight is 484 g/mol. The third-order valence-corrected chi connectivity index (χ3v) is 6.09. The summed E-state index contributed by atoms with van der Waals surface area (Å²) in [6, 6.07) is 4.61. The molecular weight excluding hydrogens is 450 g/mol. The second-order valence-corrected chi connectivity index (χ2v) is 8.76. The van der Waals surface area contributed by atoms with E-state index in [-0.39, 0.29) is 48.1 Å². The van der Waals surface area contributed by atoms with Crippen LogP contribution in [0.3, 0.4) is 0 Å². The van der Waals surface area contributed by atoms with Gasteiger partial charge in [0.2, 0.25) is 5.91 Å². The van der Waals surface area contributed by atoms with Crippen molar-refractivity contribution in [1.82, 2.24) is 19.8 Å². The SMILES string of the molecule is CCC(=O)Nc1ccc2c(c1)OC[C@H](C)N(C(=O)c1cnccn1)C[C@H](C)[C@H](OC)CN(C)C2=O. The molecule has 0 bridgehead atoms. The molecule has 1 aliphatic heterocycles. The first kappa shape index (κ1) is 26.1.